The molecule has 0 bridgehead atoms. The number of rotatable bonds is 3. The Kier molecular flexibility index (Phi) is 3.38. The Morgan fingerprint density at radius 3 is 2.47 bits per heavy atom. The molecule has 0 spiro atoms. The zero-order valence-electron chi connectivity index (χ0n) is 11.6. The summed E-state index contributed by atoms with van der Waals surface area (Å²) in [5.41, 5.74) is 3.05. The summed E-state index contributed by atoms with van der Waals surface area (Å²) < 4.78 is 3.29. The number of carbonyl (C=O) groups excluding carboxylic acids is 1. The largest absolute Gasteiger partial charge is 0.351 e. The molecule has 0 aromatic carbocycles. The van der Waals surface area contributed by atoms with E-state index in [1.165, 1.54) is 17.0 Å². The fourth-order valence-electron chi connectivity index (χ4n) is 2.01. The van der Waals surface area contributed by atoms with E-state index in [0.717, 1.165) is 11.4 Å². The molecule has 0 saturated heterocycles. The van der Waals surface area contributed by atoms with Gasteiger partial charge in [0.2, 0.25) is 0 Å². The topological polar surface area (TPSA) is 56.9 Å². The van der Waals surface area contributed by atoms with Crippen LogP contribution in [0.1, 0.15) is 27.4 Å². The molecule has 2 heterocycles. The second kappa shape index (κ2) is 4.84. The summed E-state index contributed by atoms with van der Waals surface area (Å²) in [7, 11) is 1.92. The van der Waals surface area contributed by atoms with Gasteiger partial charge in [-0.25, -0.2) is 4.98 Å². The van der Waals surface area contributed by atoms with Crippen molar-refractivity contribution >= 4 is 5.78 Å². The quantitative estimate of drug-likeness (QED) is 0.783. The van der Waals surface area contributed by atoms with Crippen LogP contribution >= 0.6 is 0 Å². The Hall–Kier alpha value is -2.17. The summed E-state index contributed by atoms with van der Waals surface area (Å²) in [5, 5.41) is 0. The Morgan fingerprint density at radius 2 is 1.95 bits per heavy atom. The molecule has 0 atom stereocenters. The van der Waals surface area contributed by atoms with Gasteiger partial charge in [0.05, 0.1) is 12.9 Å². The van der Waals surface area contributed by atoms with Gasteiger partial charge in [-0.3, -0.25) is 14.2 Å². The van der Waals surface area contributed by atoms with Crippen LogP contribution in [0.25, 0.3) is 0 Å². The molecule has 100 valence electrons. The molecule has 0 fully saturated rings. The van der Waals surface area contributed by atoms with Gasteiger partial charge >= 0.3 is 0 Å². The van der Waals surface area contributed by atoms with Crippen molar-refractivity contribution in [3.8, 4) is 0 Å². The van der Waals surface area contributed by atoms with Crippen LogP contribution in [0, 0.1) is 20.8 Å². The lowest BCUT2D eigenvalue weighted by atomic mass is 10.1. The van der Waals surface area contributed by atoms with Gasteiger partial charge in [-0.2, -0.15) is 0 Å². The van der Waals surface area contributed by atoms with Crippen LogP contribution in [0.3, 0.4) is 0 Å². The molecule has 0 radical (unpaired) electrons. The van der Waals surface area contributed by atoms with Gasteiger partial charge < -0.3 is 4.57 Å². The predicted octanol–water partition coefficient (Wildman–Crippen LogP) is 1.39. The fourth-order valence-corrected chi connectivity index (χ4v) is 2.01. The minimum absolute atomic E-state index is 0.0242. The molecule has 2 aromatic heterocycles. The summed E-state index contributed by atoms with van der Waals surface area (Å²) in [4.78, 5) is 28.0. The van der Waals surface area contributed by atoms with Crippen LogP contribution in [-0.2, 0) is 13.6 Å². The second-order valence-electron chi connectivity index (χ2n) is 4.76. The third-order valence-electron chi connectivity index (χ3n) is 3.41. The van der Waals surface area contributed by atoms with Gasteiger partial charge in [0.25, 0.3) is 5.56 Å². The van der Waals surface area contributed by atoms with E-state index in [-0.39, 0.29) is 17.9 Å². The lowest BCUT2D eigenvalue weighted by Gasteiger charge is -2.05. The lowest BCUT2D eigenvalue weighted by Crippen LogP contribution is -2.24. The Balaban J connectivity index is 2.31. The molecule has 5 nitrogen and oxygen atoms in total. The highest BCUT2D eigenvalue weighted by molar-refractivity contribution is 5.97. The first-order chi connectivity index (χ1) is 8.90. The summed E-state index contributed by atoms with van der Waals surface area (Å²) in [6, 6.07) is 3.28. The van der Waals surface area contributed by atoms with Crippen molar-refractivity contribution < 1.29 is 4.79 Å². The molecule has 2 rings (SSSR count). The van der Waals surface area contributed by atoms with Crippen molar-refractivity contribution in [3.63, 3.8) is 0 Å². The number of nitrogens with zero attached hydrogens (tertiary/aromatic N) is 3. The van der Waals surface area contributed by atoms with E-state index < -0.39 is 0 Å². The number of aromatic nitrogens is 3. The zero-order chi connectivity index (χ0) is 14.2. The van der Waals surface area contributed by atoms with Crippen molar-refractivity contribution in [2.75, 3.05) is 0 Å². The smallest absolute Gasteiger partial charge is 0.253 e. The van der Waals surface area contributed by atoms with Crippen LogP contribution in [0.4, 0.5) is 0 Å². The maximum Gasteiger partial charge on any atom is 0.253 e. The fraction of sp³-hybridized carbons (Fsp3) is 0.357. The summed E-state index contributed by atoms with van der Waals surface area (Å²) >= 11 is 0. The first-order valence-electron chi connectivity index (χ1n) is 6.09. The van der Waals surface area contributed by atoms with Crippen molar-refractivity contribution in [1.82, 2.24) is 14.1 Å². The van der Waals surface area contributed by atoms with Gasteiger partial charge in [-0.1, -0.05) is 0 Å². The molecule has 2 aromatic rings. The molecule has 0 aliphatic carbocycles. The molecule has 0 unspecified atom stereocenters. The second-order valence-corrected chi connectivity index (χ2v) is 4.76. The van der Waals surface area contributed by atoms with Gasteiger partial charge in [-0.05, 0) is 26.8 Å². The predicted molar refractivity (Wildman–Crippen MR) is 72.5 cm³/mol. The van der Waals surface area contributed by atoms with E-state index in [1.54, 1.807) is 6.92 Å². The molecule has 0 N–H and O–H groups in total. The molecule has 0 aliphatic heterocycles. The lowest BCUT2D eigenvalue weighted by molar-refractivity contribution is 0.0969. The van der Waals surface area contributed by atoms with Crippen LogP contribution in [0.2, 0.25) is 0 Å². The summed E-state index contributed by atoms with van der Waals surface area (Å²) in [6.45, 7) is 5.62. The van der Waals surface area contributed by atoms with Crippen molar-refractivity contribution in [2.45, 2.75) is 27.3 Å². The minimum Gasteiger partial charge on any atom is -0.351 e. The van der Waals surface area contributed by atoms with Gasteiger partial charge in [0.15, 0.2) is 5.78 Å². The Labute approximate surface area is 111 Å². The highest BCUT2D eigenvalue weighted by atomic mass is 16.1. The maximum absolute atomic E-state index is 12.2. The van der Waals surface area contributed by atoms with Gasteiger partial charge in [0, 0.05) is 35.8 Å². The first-order valence-corrected chi connectivity index (χ1v) is 6.09. The number of Topliss-reactive ketones (excluding diaryl/α,β-unsaturated/α-hetero) is 1. The highest BCUT2D eigenvalue weighted by Crippen LogP contribution is 2.14. The monoisotopic (exact) mass is 259 g/mol. The summed E-state index contributed by atoms with van der Waals surface area (Å²) in [6.07, 6.45) is 1.42. The van der Waals surface area contributed by atoms with Crippen LogP contribution in [0.15, 0.2) is 23.3 Å². The standard InChI is InChI=1S/C14H17N3O2/c1-9-5-14(19)17(8-15-9)7-13(18)12-6-10(2)16(4)11(12)3/h5-6,8H,7H2,1-4H3. The van der Waals surface area contributed by atoms with E-state index in [9.17, 15) is 9.59 Å². The number of hydrogen-bond acceptors (Lipinski definition) is 3. The minimum atomic E-state index is -0.203. The average molecular weight is 259 g/mol. The van der Waals surface area contributed by atoms with Gasteiger partial charge in [0.1, 0.15) is 0 Å². The van der Waals surface area contributed by atoms with Crippen molar-refractivity contribution in [3.05, 3.63) is 51.5 Å². The molecule has 0 aliphatic rings. The molecular weight excluding hydrogens is 242 g/mol. The van der Waals surface area contributed by atoms with Crippen LogP contribution < -0.4 is 5.56 Å². The molecular formula is C14H17N3O2. The molecule has 0 amide bonds. The molecule has 19 heavy (non-hydrogen) atoms. The SMILES string of the molecule is Cc1cc(=O)n(CC(=O)c2cc(C)n(C)c2C)cn1. The van der Waals surface area contributed by atoms with E-state index in [1.807, 2.05) is 31.5 Å². The van der Waals surface area contributed by atoms with Crippen molar-refractivity contribution in [1.29, 1.82) is 0 Å². The number of carbonyl (C=O) groups is 1. The van der Waals surface area contributed by atoms with E-state index in [4.69, 9.17) is 0 Å². The van der Waals surface area contributed by atoms with E-state index in [2.05, 4.69) is 4.98 Å². The maximum atomic E-state index is 12.2. The third kappa shape index (κ3) is 2.50. The number of hydrogen-bond donors (Lipinski definition) is 0. The summed E-state index contributed by atoms with van der Waals surface area (Å²) in [5.74, 6) is -0.0750. The first kappa shape index (κ1) is 13.3. The van der Waals surface area contributed by atoms with E-state index >= 15 is 0 Å². The Morgan fingerprint density at radius 1 is 1.26 bits per heavy atom. The Bertz CT molecular complexity index is 695. The number of aryl methyl sites for hydroxylation is 2. The van der Waals surface area contributed by atoms with E-state index in [0.29, 0.717) is 11.3 Å². The van der Waals surface area contributed by atoms with Crippen molar-refractivity contribution in [2.24, 2.45) is 7.05 Å². The molecule has 5 heteroatoms. The normalized spacial score (nSPS) is 10.7. The van der Waals surface area contributed by atoms with Gasteiger partial charge in [-0.15, -0.1) is 0 Å². The molecule has 0 saturated carbocycles. The third-order valence-corrected chi connectivity index (χ3v) is 3.41. The highest BCUT2D eigenvalue weighted by Gasteiger charge is 2.14. The van der Waals surface area contributed by atoms with Crippen LogP contribution in [0.5, 0.6) is 0 Å². The average Bonchev–Trinajstić information content (AvgIpc) is 2.60. The van der Waals surface area contributed by atoms with Crippen LogP contribution in [-0.4, -0.2) is 19.9 Å². The zero-order valence-corrected chi connectivity index (χ0v) is 11.6. The number of ketones is 1.